The Hall–Kier alpha value is -1.00. The van der Waals surface area contributed by atoms with Gasteiger partial charge in [-0.3, -0.25) is 0 Å². The van der Waals surface area contributed by atoms with Crippen LogP contribution in [-0.2, 0) is 0 Å². The van der Waals surface area contributed by atoms with Crippen molar-refractivity contribution in [2.45, 2.75) is 25.7 Å². The Morgan fingerprint density at radius 3 is 2.95 bits per heavy atom. The first-order chi connectivity index (χ1) is 9.20. The van der Waals surface area contributed by atoms with Crippen molar-refractivity contribution in [3.05, 3.63) is 27.9 Å². The number of ether oxygens (including phenoxy) is 1. The fraction of sp³-hybridized carbons (Fsp3) is 0.467. The molecule has 3 nitrogen and oxygen atoms in total. The third-order valence-electron chi connectivity index (χ3n) is 3.81. The second kappa shape index (κ2) is 5.17. The molecule has 0 aliphatic carbocycles. The Kier molecular flexibility index (Phi) is 3.54. The maximum absolute atomic E-state index is 5.74. The molecule has 1 fully saturated rings. The van der Waals surface area contributed by atoms with Crippen molar-refractivity contribution in [3.63, 3.8) is 0 Å². The zero-order valence-electron chi connectivity index (χ0n) is 11.3. The predicted octanol–water partition coefficient (Wildman–Crippen LogP) is 3.98. The van der Waals surface area contributed by atoms with Crippen LogP contribution in [0.4, 0.5) is 0 Å². The molecule has 1 atom stereocenters. The molecule has 3 rings (SSSR count). The molecule has 19 heavy (non-hydrogen) atoms. The summed E-state index contributed by atoms with van der Waals surface area (Å²) in [7, 11) is 1.70. The highest BCUT2D eigenvalue weighted by Crippen LogP contribution is 2.41. The summed E-state index contributed by atoms with van der Waals surface area (Å²) in [5.74, 6) is 2.27. The van der Waals surface area contributed by atoms with Gasteiger partial charge in [-0.1, -0.05) is 0 Å². The van der Waals surface area contributed by atoms with Crippen LogP contribution in [0, 0.1) is 6.92 Å². The minimum Gasteiger partial charge on any atom is -0.493 e. The number of aryl methyl sites for hydroxylation is 1. The van der Waals surface area contributed by atoms with Crippen molar-refractivity contribution in [1.29, 1.82) is 0 Å². The van der Waals surface area contributed by atoms with E-state index in [1.165, 1.54) is 18.4 Å². The molecule has 4 heteroatoms. The number of fused-ring (bicyclic) bond motifs is 1. The quantitative estimate of drug-likeness (QED) is 0.907. The zero-order valence-corrected chi connectivity index (χ0v) is 12.8. The van der Waals surface area contributed by atoms with Crippen molar-refractivity contribution >= 4 is 26.9 Å². The molecule has 0 radical (unpaired) electrons. The fourth-order valence-corrected chi connectivity index (χ4v) is 3.58. The maximum atomic E-state index is 5.74. The molecule has 1 aliphatic rings. The molecule has 1 aliphatic heterocycles. The standard InChI is InChI=1S/C15H18BrNO2/c1-9-6-12-14(16)11(10-4-3-5-17-8-10)7-13(18-2)15(12)19-9/h6-7,10,17H,3-5,8H2,1-2H3. The summed E-state index contributed by atoms with van der Waals surface area (Å²) >= 11 is 3.75. The number of hydrogen-bond donors (Lipinski definition) is 1. The summed E-state index contributed by atoms with van der Waals surface area (Å²) in [6, 6.07) is 4.19. The molecule has 1 unspecified atom stereocenters. The van der Waals surface area contributed by atoms with Crippen molar-refractivity contribution in [2.75, 3.05) is 20.2 Å². The van der Waals surface area contributed by atoms with Crippen LogP contribution in [0.25, 0.3) is 11.0 Å². The SMILES string of the molecule is COc1cc(C2CCCNC2)c(Br)c2cc(C)oc12. The minimum atomic E-state index is 0.539. The van der Waals surface area contributed by atoms with E-state index in [4.69, 9.17) is 9.15 Å². The van der Waals surface area contributed by atoms with Crippen molar-refractivity contribution in [3.8, 4) is 5.75 Å². The lowest BCUT2D eigenvalue weighted by atomic mass is 9.91. The Morgan fingerprint density at radius 1 is 1.42 bits per heavy atom. The molecule has 0 spiro atoms. The smallest absolute Gasteiger partial charge is 0.177 e. The van der Waals surface area contributed by atoms with E-state index in [1.54, 1.807) is 7.11 Å². The van der Waals surface area contributed by atoms with E-state index < -0.39 is 0 Å². The van der Waals surface area contributed by atoms with Gasteiger partial charge in [0.25, 0.3) is 0 Å². The molecule has 1 aromatic carbocycles. The second-order valence-corrected chi connectivity index (χ2v) is 5.92. The second-order valence-electron chi connectivity index (χ2n) is 5.13. The Balaban J connectivity index is 2.15. The first-order valence-corrected chi connectivity index (χ1v) is 7.47. The highest BCUT2D eigenvalue weighted by Gasteiger charge is 2.22. The van der Waals surface area contributed by atoms with Crippen LogP contribution in [-0.4, -0.2) is 20.2 Å². The van der Waals surface area contributed by atoms with Gasteiger partial charge in [-0.05, 0) is 65.9 Å². The third-order valence-corrected chi connectivity index (χ3v) is 4.70. The monoisotopic (exact) mass is 323 g/mol. The van der Waals surface area contributed by atoms with Crippen molar-refractivity contribution < 1.29 is 9.15 Å². The predicted molar refractivity (Wildman–Crippen MR) is 80.0 cm³/mol. The van der Waals surface area contributed by atoms with E-state index in [0.717, 1.165) is 40.0 Å². The third kappa shape index (κ3) is 2.28. The number of halogens is 1. The average Bonchev–Trinajstić information content (AvgIpc) is 2.83. The van der Waals surface area contributed by atoms with Crippen LogP contribution in [0.5, 0.6) is 5.75 Å². The van der Waals surface area contributed by atoms with E-state index in [2.05, 4.69) is 33.4 Å². The van der Waals surface area contributed by atoms with E-state index in [9.17, 15) is 0 Å². The molecule has 1 N–H and O–H groups in total. The van der Waals surface area contributed by atoms with Gasteiger partial charge in [0.1, 0.15) is 5.76 Å². The highest BCUT2D eigenvalue weighted by molar-refractivity contribution is 9.10. The number of benzene rings is 1. The highest BCUT2D eigenvalue weighted by atomic mass is 79.9. The van der Waals surface area contributed by atoms with Crippen LogP contribution in [0.1, 0.15) is 30.1 Å². The van der Waals surface area contributed by atoms with Gasteiger partial charge >= 0.3 is 0 Å². The van der Waals surface area contributed by atoms with Crippen molar-refractivity contribution in [1.82, 2.24) is 5.32 Å². The first-order valence-electron chi connectivity index (χ1n) is 6.68. The van der Waals surface area contributed by atoms with Crippen LogP contribution >= 0.6 is 15.9 Å². The van der Waals surface area contributed by atoms with Crippen LogP contribution in [0.2, 0.25) is 0 Å². The summed E-state index contributed by atoms with van der Waals surface area (Å²) < 4.78 is 12.4. The molecule has 0 bridgehead atoms. The molecular weight excluding hydrogens is 306 g/mol. The number of hydrogen-bond acceptors (Lipinski definition) is 3. The van der Waals surface area contributed by atoms with Gasteiger partial charge in [0.15, 0.2) is 11.3 Å². The summed E-state index contributed by atoms with van der Waals surface area (Å²) in [6.07, 6.45) is 2.44. The molecule has 0 amide bonds. The Bertz CT molecular complexity index is 600. The lowest BCUT2D eigenvalue weighted by Gasteiger charge is -2.24. The molecular formula is C15H18BrNO2. The molecule has 2 heterocycles. The summed E-state index contributed by atoms with van der Waals surface area (Å²) in [4.78, 5) is 0. The fourth-order valence-electron chi connectivity index (χ4n) is 2.85. The first kappa shape index (κ1) is 13.0. The number of methoxy groups -OCH3 is 1. The van der Waals surface area contributed by atoms with Gasteiger partial charge in [-0.15, -0.1) is 0 Å². The van der Waals surface area contributed by atoms with Gasteiger partial charge in [0.2, 0.25) is 0 Å². The average molecular weight is 324 g/mol. The van der Waals surface area contributed by atoms with Crippen LogP contribution in [0.3, 0.4) is 0 Å². The number of furan rings is 1. The molecule has 102 valence electrons. The van der Waals surface area contributed by atoms with Gasteiger partial charge < -0.3 is 14.5 Å². The topological polar surface area (TPSA) is 34.4 Å². The largest absolute Gasteiger partial charge is 0.493 e. The number of nitrogens with one attached hydrogen (secondary N) is 1. The summed E-state index contributed by atoms with van der Waals surface area (Å²) in [5, 5.41) is 4.57. The molecule has 1 saturated heterocycles. The van der Waals surface area contributed by atoms with Gasteiger partial charge in [-0.25, -0.2) is 0 Å². The molecule has 1 aromatic heterocycles. The van der Waals surface area contributed by atoms with E-state index in [1.807, 2.05) is 6.92 Å². The zero-order chi connectivity index (χ0) is 13.4. The van der Waals surface area contributed by atoms with Crippen LogP contribution in [0.15, 0.2) is 21.0 Å². The number of piperidine rings is 1. The molecule has 2 aromatic rings. The lowest BCUT2D eigenvalue weighted by Crippen LogP contribution is -2.28. The van der Waals surface area contributed by atoms with E-state index in [-0.39, 0.29) is 0 Å². The lowest BCUT2D eigenvalue weighted by molar-refractivity contribution is 0.405. The normalized spacial score (nSPS) is 19.8. The van der Waals surface area contributed by atoms with Gasteiger partial charge in [-0.2, -0.15) is 0 Å². The van der Waals surface area contributed by atoms with Gasteiger partial charge in [0, 0.05) is 16.4 Å². The van der Waals surface area contributed by atoms with E-state index in [0.29, 0.717) is 5.92 Å². The Labute approximate surface area is 121 Å². The van der Waals surface area contributed by atoms with Gasteiger partial charge in [0.05, 0.1) is 7.11 Å². The number of rotatable bonds is 2. The molecule has 0 saturated carbocycles. The summed E-state index contributed by atoms with van der Waals surface area (Å²) in [6.45, 7) is 4.12. The van der Waals surface area contributed by atoms with Crippen LogP contribution < -0.4 is 10.1 Å². The minimum absolute atomic E-state index is 0.539. The Morgan fingerprint density at radius 2 is 2.26 bits per heavy atom. The van der Waals surface area contributed by atoms with E-state index >= 15 is 0 Å². The van der Waals surface area contributed by atoms with Crippen molar-refractivity contribution in [2.24, 2.45) is 0 Å². The summed E-state index contributed by atoms with van der Waals surface area (Å²) in [5.41, 5.74) is 2.15. The maximum Gasteiger partial charge on any atom is 0.177 e.